The molecule has 1 unspecified atom stereocenters. The number of hydrogen-bond donors (Lipinski definition) is 0. The molecule has 0 amide bonds. The third-order valence-corrected chi connectivity index (χ3v) is 3.42. The molecular formula is C12H10NaO3P. The van der Waals surface area contributed by atoms with Crippen molar-refractivity contribution >= 4 is 12.9 Å². The predicted molar refractivity (Wildman–Crippen MR) is 60.8 cm³/mol. The van der Waals surface area contributed by atoms with Crippen molar-refractivity contribution in [2.24, 2.45) is 0 Å². The molecule has 5 heteroatoms. The Morgan fingerprint density at radius 1 is 0.882 bits per heavy atom. The third-order valence-electron chi connectivity index (χ3n) is 2.04. The van der Waals surface area contributed by atoms with Gasteiger partial charge < -0.3 is 9.42 Å². The van der Waals surface area contributed by atoms with E-state index >= 15 is 0 Å². The van der Waals surface area contributed by atoms with Crippen molar-refractivity contribution in [2.75, 3.05) is 0 Å². The van der Waals surface area contributed by atoms with Crippen LogP contribution in [0.1, 0.15) is 0 Å². The average Bonchev–Trinajstić information content (AvgIpc) is 2.31. The summed E-state index contributed by atoms with van der Waals surface area (Å²) in [6, 6.07) is 16.6. The summed E-state index contributed by atoms with van der Waals surface area (Å²) in [7, 11) is -4.02. The largest absolute Gasteiger partial charge is 1.00 e. The molecule has 0 aromatic heterocycles. The van der Waals surface area contributed by atoms with Gasteiger partial charge in [-0.15, -0.1) is 0 Å². The van der Waals surface area contributed by atoms with Gasteiger partial charge in [0.05, 0.1) is 0 Å². The van der Waals surface area contributed by atoms with Gasteiger partial charge in [-0.1, -0.05) is 36.4 Å². The summed E-state index contributed by atoms with van der Waals surface area (Å²) in [5.41, 5.74) is 0. The quantitative estimate of drug-likeness (QED) is 0.520. The van der Waals surface area contributed by atoms with Crippen LogP contribution in [0.25, 0.3) is 0 Å². The minimum Gasteiger partial charge on any atom is -0.765 e. The van der Waals surface area contributed by atoms with Gasteiger partial charge in [0, 0.05) is 5.30 Å². The Bertz CT molecular complexity index is 502. The fraction of sp³-hybridized carbons (Fsp3) is 0. The Hall–Kier alpha value is -0.570. The van der Waals surface area contributed by atoms with E-state index in [0.717, 1.165) is 0 Å². The Kier molecular flexibility index (Phi) is 5.44. The predicted octanol–water partition coefficient (Wildman–Crippen LogP) is -1.05. The monoisotopic (exact) mass is 256 g/mol. The maximum Gasteiger partial charge on any atom is 1.00 e. The standard InChI is InChI=1S/C12H11O3P.Na/c13-16(14,12-9-5-2-6-10-12)15-11-7-3-1-4-8-11;/h1-10H,(H,13,14);/q;+1/p-1. The molecule has 2 rings (SSSR count). The summed E-state index contributed by atoms with van der Waals surface area (Å²) >= 11 is 0. The molecule has 82 valence electrons. The van der Waals surface area contributed by atoms with E-state index in [1.54, 1.807) is 48.5 Å². The molecule has 0 aliphatic heterocycles. The van der Waals surface area contributed by atoms with E-state index in [0.29, 0.717) is 5.75 Å². The summed E-state index contributed by atoms with van der Waals surface area (Å²) in [5.74, 6) is 0.324. The Balaban J connectivity index is 0.00000144. The van der Waals surface area contributed by atoms with Crippen LogP contribution in [0.5, 0.6) is 5.75 Å². The van der Waals surface area contributed by atoms with E-state index in [4.69, 9.17) is 4.52 Å². The van der Waals surface area contributed by atoms with Crippen LogP contribution in [0.2, 0.25) is 0 Å². The second-order valence-corrected chi connectivity index (χ2v) is 4.93. The molecule has 17 heavy (non-hydrogen) atoms. The first-order valence-corrected chi connectivity index (χ1v) is 6.34. The van der Waals surface area contributed by atoms with E-state index in [1.165, 1.54) is 12.1 Å². The van der Waals surface area contributed by atoms with Crippen molar-refractivity contribution in [3.05, 3.63) is 60.7 Å². The van der Waals surface area contributed by atoms with Crippen molar-refractivity contribution in [1.82, 2.24) is 0 Å². The smallest absolute Gasteiger partial charge is 0.765 e. The van der Waals surface area contributed by atoms with Gasteiger partial charge in [0.1, 0.15) is 5.75 Å². The molecule has 0 spiro atoms. The Morgan fingerprint density at radius 2 is 1.35 bits per heavy atom. The molecule has 3 nitrogen and oxygen atoms in total. The molecular weight excluding hydrogens is 246 g/mol. The molecule has 0 saturated carbocycles. The minimum absolute atomic E-state index is 0. The van der Waals surface area contributed by atoms with Crippen molar-refractivity contribution in [2.45, 2.75) is 0 Å². The molecule has 2 aromatic rings. The van der Waals surface area contributed by atoms with E-state index in [2.05, 4.69) is 0 Å². The van der Waals surface area contributed by atoms with Crippen molar-refractivity contribution in [1.29, 1.82) is 0 Å². The minimum atomic E-state index is -4.02. The number of hydrogen-bond acceptors (Lipinski definition) is 3. The summed E-state index contributed by atoms with van der Waals surface area (Å²) in [5, 5.41) is 0.179. The first-order valence-electron chi connectivity index (χ1n) is 4.80. The summed E-state index contributed by atoms with van der Waals surface area (Å²) in [6.07, 6.45) is 0. The molecule has 0 aliphatic carbocycles. The van der Waals surface area contributed by atoms with Gasteiger partial charge in [0.2, 0.25) is 7.60 Å². The van der Waals surface area contributed by atoms with Crippen LogP contribution >= 0.6 is 7.60 Å². The van der Waals surface area contributed by atoms with Gasteiger partial charge in [-0.25, -0.2) is 0 Å². The molecule has 0 N–H and O–H groups in total. The van der Waals surface area contributed by atoms with Gasteiger partial charge in [-0.05, 0) is 24.3 Å². The zero-order valence-electron chi connectivity index (χ0n) is 9.45. The van der Waals surface area contributed by atoms with E-state index in [9.17, 15) is 9.46 Å². The molecule has 0 saturated heterocycles. The van der Waals surface area contributed by atoms with Crippen LogP contribution in [0.15, 0.2) is 60.7 Å². The van der Waals surface area contributed by atoms with Gasteiger partial charge in [-0.3, -0.25) is 4.57 Å². The number of rotatable bonds is 3. The topological polar surface area (TPSA) is 49.4 Å². The van der Waals surface area contributed by atoms with Crippen molar-refractivity contribution < 1.29 is 43.5 Å². The molecule has 1 atom stereocenters. The summed E-state index contributed by atoms with van der Waals surface area (Å²) < 4.78 is 16.8. The molecule has 0 fully saturated rings. The van der Waals surface area contributed by atoms with Gasteiger partial charge in [0.15, 0.2) is 0 Å². The Morgan fingerprint density at radius 3 is 1.88 bits per heavy atom. The zero-order chi connectivity index (χ0) is 11.4. The van der Waals surface area contributed by atoms with Crippen LogP contribution in [0.3, 0.4) is 0 Å². The maximum atomic E-state index is 11.8. The van der Waals surface area contributed by atoms with E-state index in [1.807, 2.05) is 0 Å². The van der Waals surface area contributed by atoms with E-state index < -0.39 is 7.60 Å². The fourth-order valence-corrected chi connectivity index (χ4v) is 2.33. The molecule has 0 heterocycles. The van der Waals surface area contributed by atoms with E-state index in [-0.39, 0.29) is 34.9 Å². The Labute approximate surface area is 122 Å². The SMILES string of the molecule is O=P([O-])(Oc1ccccc1)c1ccccc1.[Na+]. The molecule has 2 aromatic carbocycles. The van der Waals surface area contributed by atoms with Gasteiger partial charge in [0.25, 0.3) is 0 Å². The third kappa shape index (κ3) is 3.98. The average molecular weight is 256 g/mol. The van der Waals surface area contributed by atoms with Crippen LogP contribution in [-0.4, -0.2) is 0 Å². The van der Waals surface area contributed by atoms with Crippen molar-refractivity contribution in [3.63, 3.8) is 0 Å². The molecule has 0 bridgehead atoms. The first kappa shape index (κ1) is 14.5. The van der Waals surface area contributed by atoms with Gasteiger partial charge >= 0.3 is 29.6 Å². The van der Waals surface area contributed by atoms with Gasteiger partial charge in [-0.2, -0.15) is 0 Å². The fourth-order valence-electron chi connectivity index (χ4n) is 1.28. The maximum absolute atomic E-state index is 11.8. The number of para-hydroxylation sites is 1. The second-order valence-electron chi connectivity index (χ2n) is 3.24. The van der Waals surface area contributed by atoms with Crippen LogP contribution in [0.4, 0.5) is 0 Å². The van der Waals surface area contributed by atoms with Crippen LogP contribution < -0.4 is 44.3 Å². The van der Waals surface area contributed by atoms with Crippen LogP contribution in [0, 0.1) is 0 Å². The van der Waals surface area contributed by atoms with Crippen molar-refractivity contribution in [3.8, 4) is 5.75 Å². The number of benzene rings is 2. The zero-order valence-corrected chi connectivity index (χ0v) is 12.3. The molecule has 0 aliphatic rings. The summed E-state index contributed by atoms with van der Waals surface area (Å²) in [4.78, 5) is 11.8. The normalized spacial score (nSPS) is 13.2. The van der Waals surface area contributed by atoms with Crippen LogP contribution in [-0.2, 0) is 4.57 Å². The second kappa shape index (κ2) is 6.39. The summed E-state index contributed by atoms with van der Waals surface area (Å²) in [6.45, 7) is 0. The first-order chi connectivity index (χ1) is 7.68. The molecule has 0 radical (unpaired) electrons.